The fraction of sp³-hybridized carbons (Fsp3) is 0.333. The smallest absolute Gasteiger partial charge is 0.255 e. The third-order valence-electron chi connectivity index (χ3n) is 5.22. The molecular weight excluding hydrogens is 422 g/mol. The van der Waals surface area contributed by atoms with Crippen molar-refractivity contribution in [2.24, 2.45) is 0 Å². The van der Waals surface area contributed by atoms with Crippen LogP contribution in [0.15, 0.2) is 52.3 Å². The number of hydrogen-bond donors (Lipinski definition) is 2. The fourth-order valence-corrected chi connectivity index (χ4v) is 6.04. The first-order chi connectivity index (χ1) is 14.3. The van der Waals surface area contributed by atoms with E-state index in [4.69, 9.17) is 0 Å². The minimum atomic E-state index is -3.58. The molecule has 2 aromatic carbocycles. The molecule has 0 radical (unpaired) electrons. The monoisotopic (exact) mass is 445 g/mol. The van der Waals surface area contributed by atoms with Gasteiger partial charge in [0, 0.05) is 29.2 Å². The van der Waals surface area contributed by atoms with Crippen LogP contribution in [-0.2, 0) is 14.8 Å². The number of carbonyl (C=O) groups is 2. The van der Waals surface area contributed by atoms with Crippen LogP contribution in [0.2, 0.25) is 0 Å². The molecule has 0 saturated carbocycles. The molecule has 2 heterocycles. The molecule has 158 valence electrons. The summed E-state index contributed by atoms with van der Waals surface area (Å²) in [6.45, 7) is 2.88. The predicted octanol–water partition coefficient (Wildman–Crippen LogP) is 3.55. The van der Waals surface area contributed by atoms with Crippen LogP contribution in [0.25, 0.3) is 0 Å². The summed E-state index contributed by atoms with van der Waals surface area (Å²) in [5.41, 5.74) is 1.40. The van der Waals surface area contributed by atoms with E-state index in [0.29, 0.717) is 30.0 Å². The number of amides is 2. The standard InChI is InChI=1S/C21H23N3O4S2/c1-14-20(25)23-18-12-15(8-9-19(18)29-14)21(26)22-16-6-5-7-17(13-16)30(27,28)24-10-3-2-4-11-24/h5-9,12-14H,2-4,10-11H2,1H3,(H,22,26)(H,23,25)/t14-/m1/s1. The average molecular weight is 446 g/mol. The van der Waals surface area contributed by atoms with Gasteiger partial charge in [0.25, 0.3) is 5.91 Å². The first-order valence-corrected chi connectivity index (χ1v) is 12.2. The summed E-state index contributed by atoms with van der Waals surface area (Å²) < 4.78 is 27.3. The van der Waals surface area contributed by atoms with Crippen molar-refractivity contribution in [1.82, 2.24) is 4.31 Å². The number of rotatable bonds is 4. The molecular formula is C21H23N3O4S2. The van der Waals surface area contributed by atoms with Crippen molar-refractivity contribution in [2.75, 3.05) is 23.7 Å². The molecule has 4 rings (SSSR count). The van der Waals surface area contributed by atoms with E-state index in [0.717, 1.165) is 24.2 Å². The van der Waals surface area contributed by atoms with Crippen LogP contribution in [0.1, 0.15) is 36.5 Å². The Bertz CT molecular complexity index is 1100. The molecule has 2 aliphatic heterocycles. The third-order valence-corrected chi connectivity index (χ3v) is 8.29. The number of carbonyl (C=O) groups excluding carboxylic acids is 2. The van der Waals surface area contributed by atoms with Gasteiger partial charge in [-0.15, -0.1) is 11.8 Å². The van der Waals surface area contributed by atoms with Crippen LogP contribution >= 0.6 is 11.8 Å². The number of thioether (sulfide) groups is 1. The van der Waals surface area contributed by atoms with E-state index >= 15 is 0 Å². The molecule has 0 bridgehead atoms. The van der Waals surface area contributed by atoms with E-state index in [9.17, 15) is 18.0 Å². The Morgan fingerprint density at radius 2 is 1.90 bits per heavy atom. The summed E-state index contributed by atoms with van der Waals surface area (Å²) in [6, 6.07) is 11.5. The summed E-state index contributed by atoms with van der Waals surface area (Å²) in [7, 11) is -3.58. The molecule has 0 aromatic heterocycles. The highest BCUT2D eigenvalue weighted by Gasteiger charge is 2.26. The molecule has 0 spiro atoms. The SMILES string of the molecule is C[C@H]1Sc2ccc(C(=O)Nc3cccc(S(=O)(=O)N4CCCCC4)c3)cc2NC1=O. The summed E-state index contributed by atoms with van der Waals surface area (Å²) >= 11 is 1.45. The number of nitrogens with zero attached hydrogens (tertiary/aromatic N) is 1. The molecule has 1 atom stereocenters. The molecule has 2 aliphatic rings. The lowest BCUT2D eigenvalue weighted by molar-refractivity contribution is -0.115. The van der Waals surface area contributed by atoms with E-state index in [1.165, 1.54) is 22.1 Å². The molecule has 2 amide bonds. The quantitative estimate of drug-likeness (QED) is 0.750. The Hall–Kier alpha value is -2.36. The number of piperidine rings is 1. The maximum atomic E-state index is 12.9. The zero-order valence-corrected chi connectivity index (χ0v) is 18.2. The summed E-state index contributed by atoms with van der Waals surface area (Å²) in [5.74, 6) is -0.469. The molecule has 0 aliphatic carbocycles. The Kier molecular flexibility index (Phi) is 5.86. The van der Waals surface area contributed by atoms with Crippen molar-refractivity contribution in [3.63, 3.8) is 0 Å². The van der Waals surface area contributed by atoms with Crippen molar-refractivity contribution >= 4 is 45.0 Å². The summed E-state index contributed by atoms with van der Waals surface area (Å²) in [5, 5.41) is 5.39. The Balaban J connectivity index is 1.52. The first kappa shape index (κ1) is 20.9. The maximum Gasteiger partial charge on any atom is 0.255 e. The highest BCUT2D eigenvalue weighted by atomic mass is 32.2. The molecule has 7 nitrogen and oxygen atoms in total. The van der Waals surface area contributed by atoms with E-state index < -0.39 is 10.0 Å². The van der Waals surface area contributed by atoms with Crippen molar-refractivity contribution in [3.05, 3.63) is 48.0 Å². The third kappa shape index (κ3) is 4.23. The second-order valence-electron chi connectivity index (χ2n) is 7.41. The molecule has 9 heteroatoms. The number of nitrogens with one attached hydrogen (secondary N) is 2. The zero-order valence-electron chi connectivity index (χ0n) is 16.6. The van der Waals surface area contributed by atoms with Gasteiger partial charge in [-0.25, -0.2) is 8.42 Å². The maximum absolute atomic E-state index is 12.9. The molecule has 0 unspecified atom stereocenters. The topological polar surface area (TPSA) is 95.6 Å². The largest absolute Gasteiger partial charge is 0.324 e. The minimum absolute atomic E-state index is 0.0966. The van der Waals surface area contributed by atoms with Crippen molar-refractivity contribution in [3.8, 4) is 0 Å². The lowest BCUT2D eigenvalue weighted by Gasteiger charge is -2.26. The van der Waals surface area contributed by atoms with Crippen molar-refractivity contribution < 1.29 is 18.0 Å². The van der Waals surface area contributed by atoms with Gasteiger partial charge in [-0.05, 0) is 56.2 Å². The Morgan fingerprint density at radius 3 is 2.67 bits per heavy atom. The summed E-state index contributed by atoms with van der Waals surface area (Å²) in [4.78, 5) is 25.7. The number of benzene rings is 2. The molecule has 2 N–H and O–H groups in total. The normalized spacial score (nSPS) is 19.6. The van der Waals surface area contributed by atoms with Gasteiger partial charge >= 0.3 is 0 Å². The Morgan fingerprint density at radius 1 is 1.13 bits per heavy atom. The van der Waals surface area contributed by atoms with Gasteiger partial charge in [-0.2, -0.15) is 4.31 Å². The number of fused-ring (bicyclic) bond motifs is 1. The van der Waals surface area contributed by atoms with Gasteiger partial charge in [0.2, 0.25) is 15.9 Å². The van der Waals surface area contributed by atoms with E-state index in [2.05, 4.69) is 10.6 Å². The van der Waals surface area contributed by atoms with Crippen molar-refractivity contribution in [1.29, 1.82) is 0 Å². The Labute approximate surface area is 180 Å². The predicted molar refractivity (Wildman–Crippen MR) is 117 cm³/mol. The fourth-order valence-electron chi connectivity index (χ4n) is 3.54. The van der Waals surface area contributed by atoms with E-state index in [-0.39, 0.29) is 22.0 Å². The van der Waals surface area contributed by atoms with Crippen molar-refractivity contribution in [2.45, 2.75) is 41.2 Å². The molecule has 30 heavy (non-hydrogen) atoms. The van der Waals surface area contributed by atoms with Gasteiger partial charge in [-0.1, -0.05) is 12.5 Å². The highest BCUT2D eigenvalue weighted by Crippen LogP contribution is 2.36. The first-order valence-electron chi connectivity index (χ1n) is 9.88. The molecule has 1 saturated heterocycles. The van der Waals surface area contributed by atoms with Gasteiger partial charge in [0.15, 0.2) is 0 Å². The van der Waals surface area contributed by atoms with Crippen LogP contribution in [-0.4, -0.2) is 42.9 Å². The lowest BCUT2D eigenvalue weighted by Crippen LogP contribution is -2.35. The lowest BCUT2D eigenvalue weighted by atomic mass is 10.1. The number of hydrogen-bond acceptors (Lipinski definition) is 5. The van der Waals surface area contributed by atoms with Crippen LogP contribution < -0.4 is 10.6 Å². The van der Waals surface area contributed by atoms with Gasteiger partial charge < -0.3 is 10.6 Å². The molecule has 1 fully saturated rings. The second-order valence-corrected chi connectivity index (χ2v) is 10.7. The van der Waals surface area contributed by atoms with E-state index in [1.54, 1.807) is 30.3 Å². The van der Waals surface area contributed by atoms with E-state index in [1.807, 2.05) is 13.0 Å². The summed E-state index contributed by atoms with van der Waals surface area (Å²) in [6.07, 6.45) is 2.77. The second kappa shape index (κ2) is 8.41. The average Bonchev–Trinajstić information content (AvgIpc) is 2.75. The highest BCUT2D eigenvalue weighted by molar-refractivity contribution is 8.01. The zero-order chi connectivity index (χ0) is 21.3. The van der Waals surface area contributed by atoms with Crippen LogP contribution in [0.5, 0.6) is 0 Å². The molecule has 2 aromatic rings. The number of anilines is 2. The van der Waals surface area contributed by atoms with Crippen LogP contribution in [0.4, 0.5) is 11.4 Å². The van der Waals surface area contributed by atoms with Crippen LogP contribution in [0.3, 0.4) is 0 Å². The number of sulfonamides is 1. The van der Waals surface area contributed by atoms with Crippen LogP contribution in [0, 0.1) is 0 Å². The van der Waals surface area contributed by atoms with Gasteiger partial charge in [0.1, 0.15) is 0 Å². The van der Waals surface area contributed by atoms with Gasteiger partial charge in [0.05, 0.1) is 15.8 Å². The minimum Gasteiger partial charge on any atom is -0.324 e. The van der Waals surface area contributed by atoms with Gasteiger partial charge in [-0.3, -0.25) is 9.59 Å².